The van der Waals surface area contributed by atoms with Crippen molar-refractivity contribution in [3.63, 3.8) is 0 Å². The predicted molar refractivity (Wildman–Crippen MR) is 87.1 cm³/mol. The summed E-state index contributed by atoms with van der Waals surface area (Å²) in [7, 11) is 0. The van der Waals surface area contributed by atoms with Crippen molar-refractivity contribution in [2.24, 2.45) is 0 Å². The monoisotopic (exact) mass is 675 g/mol. The van der Waals surface area contributed by atoms with E-state index in [4.69, 9.17) is 0 Å². The van der Waals surface area contributed by atoms with E-state index < -0.39 is 89.9 Å². The Kier molecular flexibility index (Phi) is 19.7. The molecule has 0 rings (SSSR count). The third-order valence-corrected chi connectivity index (χ3v) is 2.46. The molecular weight excluding hydrogens is 672 g/mol. The van der Waals surface area contributed by atoms with Crippen LogP contribution in [-0.2, 0) is 14.4 Å². The zero-order chi connectivity index (χ0) is 32.6. The van der Waals surface area contributed by atoms with Gasteiger partial charge in [-0.25, -0.2) is 0 Å². The molecule has 41 heavy (non-hydrogen) atoms. The number of carbonyl (C=O) groups is 3. The standard InChI is InChI=1S/3C5H2F6O2.2Al/c3*6-4(7,8)2(12)1-3(13)5(9,10)11;;/h3*1,12H;;/q;;;2*+3/p-3. The Morgan fingerprint density at radius 1 is 0.341 bits per heavy atom. The Balaban J connectivity index is -0.000000154. The van der Waals surface area contributed by atoms with Crippen LogP contribution in [0.15, 0.2) is 35.5 Å². The maximum absolute atomic E-state index is 11.3. The van der Waals surface area contributed by atoms with E-state index in [1.807, 2.05) is 0 Å². The molecular formula is C15H3Al2F18O6+3. The summed E-state index contributed by atoms with van der Waals surface area (Å²) in [5.74, 6) is -16.9. The minimum Gasteiger partial charge on any atom is -0.869 e. The van der Waals surface area contributed by atoms with Gasteiger partial charge in [0.1, 0.15) is 0 Å². The first-order valence-electron chi connectivity index (χ1n) is 7.86. The van der Waals surface area contributed by atoms with Crippen LogP contribution in [0.5, 0.6) is 0 Å². The first kappa shape index (κ1) is 48.2. The summed E-state index contributed by atoms with van der Waals surface area (Å²) in [4.78, 5) is 29.5. The number of hydrogen-bond donors (Lipinski definition) is 0. The summed E-state index contributed by atoms with van der Waals surface area (Å²) >= 11 is 0. The molecule has 228 valence electrons. The molecule has 0 fully saturated rings. The average molecular weight is 675 g/mol. The summed E-state index contributed by atoms with van der Waals surface area (Å²) in [5, 5.41) is 29.5. The van der Waals surface area contributed by atoms with Crippen molar-refractivity contribution in [1.29, 1.82) is 0 Å². The number of allylic oxidation sites excluding steroid dienone is 6. The van der Waals surface area contributed by atoms with E-state index >= 15 is 0 Å². The number of rotatable bonds is 3. The molecule has 0 unspecified atom stereocenters. The summed E-state index contributed by atoms with van der Waals surface area (Å²) < 4.78 is 203. The van der Waals surface area contributed by atoms with Crippen LogP contribution in [0.1, 0.15) is 0 Å². The first-order valence-corrected chi connectivity index (χ1v) is 7.86. The van der Waals surface area contributed by atoms with Crippen molar-refractivity contribution < 1.29 is 109 Å². The van der Waals surface area contributed by atoms with Gasteiger partial charge in [-0.05, 0) is 35.5 Å². The van der Waals surface area contributed by atoms with Crippen molar-refractivity contribution in [3.05, 3.63) is 35.5 Å². The number of alkyl halides is 18. The van der Waals surface area contributed by atoms with E-state index in [2.05, 4.69) is 0 Å². The molecule has 0 heterocycles. The van der Waals surface area contributed by atoms with Crippen molar-refractivity contribution in [3.8, 4) is 0 Å². The van der Waals surface area contributed by atoms with Crippen molar-refractivity contribution in [1.82, 2.24) is 0 Å². The van der Waals surface area contributed by atoms with Crippen molar-refractivity contribution in [2.45, 2.75) is 37.1 Å². The average Bonchev–Trinajstić information content (AvgIpc) is 2.64. The Labute approximate surface area is 233 Å². The minimum atomic E-state index is -5.46. The summed E-state index contributed by atoms with van der Waals surface area (Å²) in [6, 6.07) is 0. The molecule has 6 nitrogen and oxygen atoms in total. The van der Waals surface area contributed by atoms with E-state index in [1.54, 1.807) is 0 Å². The van der Waals surface area contributed by atoms with Crippen molar-refractivity contribution >= 4 is 52.1 Å². The van der Waals surface area contributed by atoms with Gasteiger partial charge in [-0.2, -0.15) is 79.0 Å². The van der Waals surface area contributed by atoms with Gasteiger partial charge in [0, 0.05) is 0 Å². The zero-order valence-electron chi connectivity index (χ0n) is 18.1. The Hall–Kier alpha value is -2.57. The fraction of sp³-hybridized carbons (Fsp3) is 0.400. The van der Waals surface area contributed by atoms with Gasteiger partial charge in [0.05, 0.1) is 0 Å². The van der Waals surface area contributed by atoms with Crippen LogP contribution in [0.4, 0.5) is 79.0 Å². The van der Waals surface area contributed by atoms with Crippen LogP contribution in [-0.4, -0.2) is 89.1 Å². The van der Waals surface area contributed by atoms with Gasteiger partial charge in [-0.3, -0.25) is 14.4 Å². The van der Waals surface area contributed by atoms with E-state index in [-0.39, 0.29) is 34.7 Å². The van der Waals surface area contributed by atoms with Gasteiger partial charge < -0.3 is 15.3 Å². The van der Waals surface area contributed by atoms with Gasteiger partial charge >= 0.3 is 71.8 Å². The number of carbonyl (C=O) groups excluding carboxylic acids is 3. The Morgan fingerprint density at radius 3 is 0.537 bits per heavy atom. The Bertz CT molecular complexity index is 838. The molecule has 0 saturated heterocycles. The normalized spacial score (nSPS) is 13.8. The van der Waals surface area contributed by atoms with E-state index in [9.17, 15) is 109 Å². The van der Waals surface area contributed by atoms with Gasteiger partial charge in [-0.15, -0.1) is 0 Å². The minimum absolute atomic E-state index is 0. The molecule has 0 aromatic rings. The quantitative estimate of drug-likeness (QED) is 0.196. The third-order valence-electron chi connectivity index (χ3n) is 2.46. The second-order valence-electron chi connectivity index (χ2n) is 5.61. The SMILES string of the molecule is O=C(C=C([O-])C(F)(F)F)C(F)(F)F.O=C(C=C([O-])C(F)(F)F)C(F)(F)F.O=C(C=C([O-])C(F)(F)F)C(F)(F)F.[Al+3].[Al+3]. The third kappa shape index (κ3) is 22.8. The largest absolute Gasteiger partial charge is 3.00 e. The molecule has 0 saturated carbocycles. The van der Waals surface area contributed by atoms with Crippen LogP contribution >= 0.6 is 0 Å². The molecule has 26 heteroatoms. The second kappa shape index (κ2) is 16.8. The summed E-state index contributed by atoms with van der Waals surface area (Å²) in [6.45, 7) is 0. The molecule has 0 N–H and O–H groups in total. The maximum Gasteiger partial charge on any atom is 3.00 e. The molecule has 0 aliphatic carbocycles. The molecule has 0 bridgehead atoms. The zero-order valence-corrected chi connectivity index (χ0v) is 20.4. The van der Waals surface area contributed by atoms with Gasteiger partial charge in [0.25, 0.3) is 17.3 Å². The maximum atomic E-state index is 11.3. The van der Waals surface area contributed by atoms with E-state index in [0.29, 0.717) is 0 Å². The molecule has 0 aromatic heterocycles. The first-order chi connectivity index (χ1) is 16.6. The van der Waals surface area contributed by atoms with Gasteiger partial charge in [-0.1, -0.05) is 0 Å². The predicted octanol–water partition coefficient (Wildman–Crippen LogP) is 2.01. The topological polar surface area (TPSA) is 120 Å². The fourth-order valence-electron chi connectivity index (χ4n) is 0.848. The number of ketones is 3. The molecule has 0 radical (unpaired) electrons. The van der Waals surface area contributed by atoms with Crippen LogP contribution in [0, 0.1) is 0 Å². The van der Waals surface area contributed by atoms with Gasteiger partial charge in [0.15, 0.2) is 0 Å². The molecule has 0 aliphatic rings. The smallest absolute Gasteiger partial charge is 0.869 e. The van der Waals surface area contributed by atoms with Crippen LogP contribution in [0.25, 0.3) is 0 Å². The Morgan fingerprint density at radius 2 is 0.463 bits per heavy atom. The number of halogens is 18. The molecule has 0 atom stereocenters. The molecule has 0 aromatic carbocycles. The van der Waals surface area contributed by atoms with Crippen molar-refractivity contribution in [2.75, 3.05) is 0 Å². The second-order valence-corrected chi connectivity index (χ2v) is 5.61. The van der Waals surface area contributed by atoms with Gasteiger partial charge in [0.2, 0.25) is 0 Å². The van der Waals surface area contributed by atoms with E-state index in [0.717, 1.165) is 0 Å². The number of hydrogen-bond acceptors (Lipinski definition) is 6. The van der Waals surface area contributed by atoms with Crippen LogP contribution in [0.3, 0.4) is 0 Å². The summed E-state index contributed by atoms with van der Waals surface area (Å²) in [6.07, 6.45) is -35.8. The van der Waals surface area contributed by atoms with Crippen LogP contribution < -0.4 is 15.3 Å². The summed E-state index contributed by atoms with van der Waals surface area (Å²) in [5.41, 5.74) is 0. The van der Waals surface area contributed by atoms with Crippen LogP contribution in [0.2, 0.25) is 0 Å². The fourth-order valence-corrected chi connectivity index (χ4v) is 0.848. The van der Waals surface area contributed by atoms with E-state index in [1.165, 1.54) is 0 Å². The molecule has 0 spiro atoms. The molecule has 0 amide bonds. The molecule has 0 aliphatic heterocycles.